The summed E-state index contributed by atoms with van der Waals surface area (Å²) in [4.78, 5) is 4.53. The van der Waals surface area contributed by atoms with Gasteiger partial charge in [-0.2, -0.15) is 5.10 Å². The van der Waals surface area contributed by atoms with Crippen molar-refractivity contribution in [2.75, 3.05) is 33.8 Å². The molecule has 0 atom stereocenters. The van der Waals surface area contributed by atoms with Crippen molar-refractivity contribution in [3.8, 4) is 0 Å². The van der Waals surface area contributed by atoms with Gasteiger partial charge in [0.25, 0.3) is 0 Å². The molecule has 2 aromatic rings. The number of likely N-dealkylation sites (N-methyl/N-ethyl adjacent to an activating group) is 1. The first kappa shape index (κ1) is 16.2. The van der Waals surface area contributed by atoms with Crippen LogP contribution in [-0.2, 0) is 37.9 Å². The second kappa shape index (κ2) is 7.29. The maximum Gasteiger partial charge on any atom is 0.117 e. The predicted octanol–water partition coefficient (Wildman–Crippen LogP) is 1.65. The van der Waals surface area contributed by atoms with Gasteiger partial charge in [0.1, 0.15) is 5.76 Å². The average Bonchev–Trinajstić information content (AvgIpc) is 3.13. The molecule has 0 N–H and O–H groups in total. The van der Waals surface area contributed by atoms with Gasteiger partial charge in [0, 0.05) is 32.2 Å². The van der Waals surface area contributed by atoms with Gasteiger partial charge in [-0.25, -0.2) is 0 Å². The molecule has 126 valence electrons. The van der Waals surface area contributed by atoms with Crippen molar-refractivity contribution in [1.29, 1.82) is 0 Å². The molecule has 0 fully saturated rings. The van der Waals surface area contributed by atoms with Crippen LogP contribution in [0.15, 0.2) is 22.8 Å². The predicted molar refractivity (Wildman–Crippen MR) is 87.9 cm³/mol. The standard InChI is InChI=1S/C17H26N4O2/c1-19(2)8-10-22-13-16-15-6-7-21(11-14-5-4-9-23-14)12-17(15)20(3)18-16/h4-5,9H,6-8,10-13H2,1-3H3. The zero-order chi connectivity index (χ0) is 16.2. The molecule has 23 heavy (non-hydrogen) atoms. The van der Waals surface area contributed by atoms with Gasteiger partial charge in [0.15, 0.2) is 0 Å². The Labute approximate surface area is 137 Å². The lowest BCUT2D eigenvalue weighted by molar-refractivity contribution is 0.102. The van der Waals surface area contributed by atoms with Crippen LogP contribution in [0.1, 0.15) is 22.7 Å². The monoisotopic (exact) mass is 318 g/mol. The first-order valence-corrected chi connectivity index (χ1v) is 8.14. The van der Waals surface area contributed by atoms with Gasteiger partial charge in [0.2, 0.25) is 0 Å². The Hall–Kier alpha value is -1.63. The smallest absolute Gasteiger partial charge is 0.117 e. The van der Waals surface area contributed by atoms with Gasteiger partial charge in [-0.1, -0.05) is 0 Å². The highest BCUT2D eigenvalue weighted by molar-refractivity contribution is 5.28. The number of nitrogens with zero attached hydrogens (tertiary/aromatic N) is 4. The number of furan rings is 1. The first-order chi connectivity index (χ1) is 11.1. The molecule has 0 aliphatic carbocycles. The number of hydrogen-bond donors (Lipinski definition) is 0. The van der Waals surface area contributed by atoms with Crippen molar-refractivity contribution < 1.29 is 9.15 Å². The lowest BCUT2D eigenvalue weighted by atomic mass is 10.0. The molecule has 0 aromatic carbocycles. The number of rotatable bonds is 7. The molecule has 6 nitrogen and oxygen atoms in total. The summed E-state index contributed by atoms with van der Waals surface area (Å²) in [6.07, 6.45) is 2.76. The van der Waals surface area contributed by atoms with Crippen LogP contribution in [0.2, 0.25) is 0 Å². The third kappa shape index (κ3) is 4.02. The molecular formula is C17H26N4O2. The van der Waals surface area contributed by atoms with Gasteiger partial charge in [-0.05, 0) is 32.6 Å². The molecule has 3 rings (SSSR count). The van der Waals surface area contributed by atoms with Crippen LogP contribution in [0.4, 0.5) is 0 Å². The van der Waals surface area contributed by atoms with E-state index in [2.05, 4.69) is 29.0 Å². The van der Waals surface area contributed by atoms with Gasteiger partial charge >= 0.3 is 0 Å². The van der Waals surface area contributed by atoms with E-state index in [1.54, 1.807) is 6.26 Å². The third-order valence-corrected chi connectivity index (χ3v) is 4.29. The summed E-state index contributed by atoms with van der Waals surface area (Å²) in [5, 5.41) is 4.67. The van der Waals surface area contributed by atoms with Crippen molar-refractivity contribution in [3.05, 3.63) is 41.1 Å². The second-order valence-corrected chi connectivity index (χ2v) is 6.39. The lowest BCUT2D eigenvalue weighted by Crippen LogP contribution is -2.31. The Kier molecular flexibility index (Phi) is 5.15. The molecular weight excluding hydrogens is 292 g/mol. The Balaban J connectivity index is 1.60. The van der Waals surface area contributed by atoms with Crippen LogP contribution in [-0.4, -0.2) is 53.4 Å². The SMILES string of the molecule is CN(C)CCOCc1nn(C)c2c1CCN(Cc1ccco1)C2. The van der Waals surface area contributed by atoms with Crippen LogP contribution in [0.5, 0.6) is 0 Å². The fourth-order valence-corrected chi connectivity index (χ4v) is 3.00. The Bertz CT molecular complexity index is 619. The summed E-state index contributed by atoms with van der Waals surface area (Å²) in [6, 6.07) is 3.97. The molecule has 0 radical (unpaired) electrons. The molecule has 0 saturated heterocycles. The summed E-state index contributed by atoms with van der Waals surface area (Å²) in [6.45, 7) is 5.08. The summed E-state index contributed by atoms with van der Waals surface area (Å²) < 4.78 is 13.2. The Morgan fingerprint density at radius 1 is 1.39 bits per heavy atom. The van der Waals surface area contributed by atoms with Gasteiger partial charge in [-0.3, -0.25) is 9.58 Å². The van der Waals surface area contributed by atoms with E-state index in [4.69, 9.17) is 9.15 Å². The van der Waals surface area contributed by atoms with Crippen LogP contribution in [0.25, 0.3) is 0 Å². The third-order valence-electron chi connectivity index (χ3n) is 4.29. The first-order valence-electron chi connectivity index (χ1n) is 8.14. The van der Waals surface area contributed by atoms with Crippen LogP contribution < -0.4 is 0 Å². The average molecular weight is 318 g/mol. The van der Waals surface area contributed by atoms with Crippen LogP contribution in [0.3, 0.4) is 0 Å². The molecule has 2 aromatic heterocycles. The van der Waals surface area contributed by atoms with E-state index in [0.717, 1.165) is 50.7 Å². The zero-order valence-corrected chi connectivity index (χ0v) is 14.3. The number of aryl methyl sites for hydroxylation is 1. The molecule has 0 saturated carbocycles. The van der Waals surface area contributed by atoms with E-state index >= 15 is 0 Å². The Morgan fingerprint density at radius 3 is 3.00 bits per heavy atom. The summed E-state index contributed by atoms with van der Waals surface area (Å²) in [5.41, 5.74) is 3.76. The van der Waals surface area contributed by atoms with Crippen molar-refractivity contribution in [3.63, 3.8) is 0 Å². The molecule has 0 unspecified atom stereocenters. The Morgan fingerprint density at radius 2 is 2.26 bits per heavy atom. The molecule has 0 bridgehead atoms. The molecule has 0 amide bonds. The maximum atomic E-state index is 5.78. The minimum atomic E-state index is 0.606. The number of ether oxygens (including phenoxy) is 1. The maximum absolute atomic E-state index is 5.78. The second-order valence-electron chi connectivity index (χ2n) is 6.39. The number of hydrogen-bond acceptors (Lipinski definition) is 5. The van der Waals surface area contributed by atoms with E-state index in [1.807, 2.05) is 23.9 Å². The fraction of sp³-hybridized carbons (Fsp3) is 0.588. The van der Waals surface area contributed by atoms with Crippen molar-refractivity contribution in [2.45, 2.75) is 26.1 Å². The largest absolute Gasteiger partial charge is 0.468 e. The zero-order valence-electron chi connectivity index (χ0n) is 14.3. The van der Waals surface area contributed by atoms with E-state index in [1.165, 1.54) is 11.3 Å². The van der Waals surface area contributed by atoms with Crippen molar-refractivity contribution >= 4 is 0 Å². The lowest BCUT2D eigenvalue weighted by Gasteiger charge is -2.26. The topological polar surface area (TPSA) is 46.7 Å². The van der Waals surface area contributed by atoms with Crippen molar-refractivity contribution in [1.82, 2.24) is 19.6 Å². The van der Waals surface area contributed by atoms with Crippen molar-refractivity contribution in [2.24, 2.45) is 7.05 Å². The summed E-state index contributed by atoms with van der Waals surface area (Å²) in [7, 11) is 6.14. The highest BCUT2D eigenvalue weighted by Gasteiger charge is 2.24. The van der Waals surface area contributed by atoms with Gasteiger partial charge in [0.05, 0.1) is 37.4 Å². The molecule has 1 aliphatic heterocycles. The minimum absolute atomic E-state index is 0.606. The molecule has 0 spiro atoms. The highest BCUT2D eigenvalue weighted by Crippen LogP contribution is 2.23. The van der Waals surface area contributed by atoms with E-state index in [9.17, 15) is 0 Å². The molecule has 6 heteroatoms. The normalized spacial score (nSPS) is 15.3. The minimum Gasteiger partial charge on any atom is -0.468 e. The fourth-order valence-electron chi connectivity index (χ4n) is 3.00. The summed E-state index contributed by atoms with van der Waals surface area (Å²) >= 11 is 0. The van der Waals surface area contributed by atoms with E-state index in [-0.39, 0.29) is 0 Å². The molecule has 3 heterocycles. The number of fused-ring (bicyclic) bond motifs is 1. The van der Waals surface area contributed by atoms with E-state index in [0.29, 0.717) is 6.61 Å². The van der Waals surface area contributed by atoms with E-state index < -0.39 is 0 Å². The van der Waals surface area contributed by atoms with Gasteiger partial charge in [-0.15, -0.1) is 0 Å². The van der Waals surface area contributed by atoms with Crippen LogP contribution >= 0.6 is 0 Å². The van der Waals surface area contributed by atoms with Gasteiger partial charge < -0.3 is 14.1 Å². The number of aromatic nitrogens is 2. The quantitative estimate of drug-likeness (QED) is 0.727. The summed E-state index contributed by atoms with van der Waals surface area (Å²) in [5.74, 6) is 1.02. The molecule has 1 aliphatic rings. The van der Waals surface area contributed by atoms with Crippen LogP contribution in [0, 0.1) is 0 Å². The highest BCUT2D eigenvalue weighted by atomic mass is 16.5.